The lowest BCUT2D eigenvalue weighted by molar-refractivity contribution is 0.541. The van der Waals surface area contributed by atoms with E-state index in [4.69, 9.17) is 11.6 Å². The molecule has 0 bridgehead atoms. The lowest BCUT2D eigenvalue weighted by Gasteiger charge is -2.18. The summed E-state index contributed by atoms with van der Waals surface area (Å²) in [5.74, 6) is 0.535. The molecule has 0 saturated carbocycles. The molecule has 0 amide bonds. The van der Waals surface area contributed by atoms with Crippen LogP contribution in [0.25, 0.3) is 22.3 Å². The van der Waals surface area contributed by atoms with E-state index in [9.17, 15) is 13.2 Å². The van der Waals surface area contributed by atoms with Gasteiger partial charge in [-0.05, 0) is 42.8 Å². The molecule has 25 heavy (non-hydrogen) atoms. The number of para-hydroxylation sites is 1. The molecule has 1 saturated heterocycles. The second kappa shape index (κ2) is 5.97. The van der Waals surface area contributed by atoms with Crippen molar-refractivity contribution in [1.29, 1.82) is 0 Å². The number of hydrogen-bond donors (Lipinski definition) is 0. The highest BCUT2D eigenvalue weighted by atomic mass is 35.5. The molecule has 0 radical (unpaired) electrons. The maximum atomic E-state index is 13.1. The van der Waals surface area contributed by atoms with Crippen LogP contribution in [-0.4, -0.2) is 29.5 Å². The minimum atomic E-state index is -3.13. The predicted octanol–water partition coefficient (Wildman–Crippen LogP) is 3.08. The lowest BCUT2D eigenvalue weighted by atomic mass is 10.1. The summed E-state index contributed by atoms with van der Waals surface area (Å²) in [7, 11) is -3.13. The largest absolute Gasteiger partial charge is 0.288 e. The van der Waals surface area contributed by atoms with Gasteiger partial charge in [-0.3, -0.25) is 9.36 Å². The molecule has 0 aliphatic carbocycles. The van der Waals surface area contributed by atoms with Crippen LogP contribution in [-0.2, 0) is 9.84 Å². The van der Waals surface area contributed by atoms with Crippen molar-refractivity contribution in [2.75, 3.05) is 11.5 Å². The smallest absolute Gasteiger partial charge is 0.261 e. The van der Waals surface area contributed by atoms with Gasteiger partial charge in [-0.2, -0.15) is 0 Å². The maximum absolute atomic E-state index is 13.1. The Morgan fingerprint density at radius 3 is 2.48 bits per heavy atom. The summed E-state index contributed by atoms with van der Waals surface area (Å²) < 4.78 is 25.4. The zero-order chi connectivity index (χ0) is 17.6. The fourth-order valence-electron chi connectivity index (χ4n) is 3.27. The average molecular weight is 375 g/mol. The van der Waals surface area contributed by atoms with Crippen molar-refractivity contribution in [1.82, 2.24) is 9.55 Å². The number of aromatic nitrogens is 2. The Bertz CT molecular complexity index is 1120. The Kier molecular flexibility index (Phi) is 3.89. The van der Waals surface area contributed by atoms with E-state index >= 15 is 0 Å². The summed E-state index contributed by atoms with van der Waals surface area (Å²) in [6, 6.07) is 13.7. The summed E-state index contributed by atoms with van der Waals surface area (Å²) in [5, 5.41) is 1.08. The first-order chi connectivity index (χ1) is 11.9. The Hall–Kier alpha value is -2.18. The minimum Gasteiger partial charge on any atom is -0.288 e. The van der Waals surface area contributed by atoms with Gasteiger partial charge in [0.25, 0.3) is 5.56 Å². The molecule has 1 fully saturated rings. The van der Waals surface area contributed by atoms with Crippen LogP contribution in [0.1, 0.15) is 12.5 Å². The van der Waals surface area contributed by atoms with Gasteiger partial charge in [0.05, 0.1) is 28.5 Å². The molecule has 4 rings (SSSR count). The molecule has 7 heteroatoms. The van der Waals surface area contributed by atoms with E-state index in [0.717, 1.165) is 5.56 Å². The first-order valence-corrected chi connectivity index (χ1v) is 10.1. The Balaban J connectivity index is 2.01. The van der Waals surface area contributed by atoms with Crippen LogP contribution in [0.2, 0.25) is 5.02 Å². The predicted molar refractivity (Wildman–Crippen MR) is 98.8 cm³/mol. The number of sulfone groups is 1. The molecule has 128 valence electrons. The van der Waals surface area contributed by atoms with Gasteiger partial charge < -0.3 is 0 Å². The number of fused-ring (bicyclic) bond motifs is 1. The van der Waals surface area contributed by atoms with Crippen molar-refractivity contribution in [3.8, 4) is 11.4 Å². The lowest BCUT2D eigenvalue weighted by Crippen LogP contribution is -2.28. The Labute approximate surface area is 149 Å². The van der Waals surface area contributed by atoms with Crippen LogP contribution in [0.4, 0.5) is 0 Å². The standard InChI is InChI=1S/C18H15ClN2O3S/c19-13-7-5-12(6-8-13)17-20-16-4-2-1-3-15(16)18(22)21(17)14-9-10-25(23,24)11-14/h1-8,14H,9-11H2/t14-/m1/s1. The number of benzene rings is 2. The second-order valence-corrected chi connectivity index (χ2v) is 8.86. The van der Waals surface area contributed by atoms with Gasteiger partial charge in [0.2, 0.25) is 0 Å². The summed E-state index contributed by atoms with van der Waals surface area (Å²) in [4.78, 5) is 17.7. The number of nitrogens with zero attached hydrogens (tertiary/aromatic N) is 2. The third kappa shape index (κ3) is 2.96. The van der Waals surface area contributed by atoms with Crippen molar-refractivity contribution in [2.45, 2.75) is 12.5 Å². The van der Waals surface area contributed by atoms with Gasteiger partial charge in [0.15, 0.2) is 9.84 Å². The molecular formula is C18H15ClN2O3S. The molecule has 1 aliphatic rings. The number of hydrogen-bond acceptors (Lipinski definition) is 4. The van der Waals surface area contributed by atoms with E-state index in [1.165, 1.54) is 4.57 Å². The molecule has 5 nitrogen and oxygen atoms in total. The third-order valence-corrected chi connectivity index (χ3v) is 6.49. The van der Waals surface area contributed by atoms with Crippen LogP contribution in [0, 0.1) is 0 Å². The van der Waals surface area contributed by atoms with Gasteiger partial charge in [0.1, 0.15) is 5.82 Å². The highest BCUT2D eigenvalue weighted by Crippen LogP contribution is 2.29. The van der Waals surface area contributed by atoms with E-state index in [1.54, 1.807) is 42.5 Å². The fourth-order valence-corrected chi connectivity index (χ4v) is 5.09. The monoisotopic (exact) mass is 374 g/mol. The molecule has 1 aliphatic heterocycles. The molecule has 1 atom stereocenters. The van der Waals surface area contributed by atoms with Crippen LogP contribution in [0.3, 0.4) is 0 Å². The first kappa shape index (κ1) is 16.3. The van der Waals surface area contributed by atoms with Crippen LogP contribution in [0.15, 0.2) is 53.3 Å². The van der Waals surface area contributed by atoms with Crippen molar-refractivity contribution >= 4 is 32.3 Å². The third-order valence-electron chi connectivity index (χ3n) is 4.48. The van der Waals surface area contributed by atoms with E-state index in [-0.39, 0.29) is 17.1 Å². The SMILES string of the molecule is O=c1c2ccccc2nc(-c2ccc(Cl)cc2)n1[C@@H]1CCS(=O)(=O)C1. The van der Waals surface area contributed by atoms with Crippen LogP contribution in [0.5, 0.6) is 0 Å². The van der Waals surface area contributed by atoms with Gasteiger partial charge in [-0.25, -0.2) is 13.4 Å². The van der Waals surface area contributed by atoms with E-state index < -0.39 is 15.9 Å². The van der Waals surface area contributed by atoms with Crippen molar-refractivity contribution < 1.29 is 8.42 Å². The van der Waals surface area contributed by atoms with Gasteiger partial charge in [-0.15, -0.1) is 0 Å². The molecule has 2 aromatic carbocycles. The van der Waals surface area contributed by atoms with E-state index in [1.807, 2.05) is 6.07 Å². The molecule has 2 heterocycles. The molecule has 0 unspecified atom stereocenters. The normalized spacial score (nSPS) is 19.3. The van der Waals surface area contributed by atoms with Gasteiger partial charge in [-0.1, -0.05) is 23.7 Å². The highest BCUT2D eigenvalue weighted by molar-refractivity contribution is 7.91. The van der Waals surface area contributed by atoms with Crippen molar-refractivity contribution in [3.63, 3.8) is 0 Å². The summed E-state index contributed by atoms with van der Waals surface area (Å²) in [6.45, 7) is 0. The first-order valence-electron chi connectivity index (χ1n) is 7.92. The Morgan fingerprint density at radius 2 is 1.80 bits per heavy atom. The molecule has 0 spiro atoms. The molecule has 1 aromatic heterocycles. The fraction of sp³-hybridized carbons (Fsp3) is 0.222. The number of rotatable bonds is 2. The van der Waals surface area contributed by atoms with E-state index in [0.29, 0.717) is 28.2 Å². The number of halogens is 1. The zero-order valence-corrected chi connectivity index (χ0v) is 14.8. The second-order valence-electron chi connectivity index (χ2n) is 6.19. The summed E-state index contributed by atoms with van der Waals surface area (Å²) in [5.41, 5.74) is 1.11. The van der Waals surface area contributed by atoms with Crippen LogP contribution >= 0.6 is 11.6 Å². The summed E-state index contributed by atoms with van der Waals surface area (Å²) in [6.07, 6.45) is 0.419. The maximum Gasteiger partial charge on any atom is 0.261 e. The molecule has 0 N–H and O–H groups in total. The van der Waals surface area contributed by atoms with Crippen molar-refractivity contribution in [2.24, 2.45) is 0 Å². The zero-order valence-electron chi connectivity index (χ0n) is 13.2. The topological polar surface area (TPSA) is 69.0 Å². The van der Waals surface area contributed by atoms with Crippen LogP contribution < -0.4 is 5.56 Å². The van der Waals surface area contributed by atoms with Gasteiger partial charge in [0, 0.05) is 10.6 Å². The molecular weight excluding hydrogens is 360 g/mol. The van der Waals surface area contributed by atoms with E-state index in [2.05, 4.69) is 4.98 Å². The summed E-state index contributed by atoms with van der Waals surface area (Å²) >= 11 is 5.96. The van der Waals surface area contributed by atoms with Gasteiger partial charge >= 0.3 is 0 Å². The van der Waals surface area contributed by atoms with Crippen molar-refractivity contribution in [3.05, 3.63) is 63.9 Å². The molecule has 3 aromatic rings. The highest BCUT2D eigenvalue weighted by Gasteiger charge is 2.32. The quantitative estimate of drug-likeness (QED) is 0.691. The average Bonchev–Trinajstić information content (AvgIpc) is 2.95. The minimum absolute atomic E-state index is 0.0342. The Morgan fingerprint density at radius 1 is 1.08 bits per heavy atom.